The van der Waals surface area contributed by atoms with Crippen molar-refractivity contribution in [3.05, 3.63) is 30.2 Å². The molecule has 21 heavy (non-hydrogen) atoms. The quantitative estimate of drug-likeness (QED) is 0.849. The van der Waals surface area contributed by atoms with Gasteiger partial charge in [-0.05, 0) is 32.0 Å². The van der Waals surface area contributed by atoms with Gasteiger partial charge in [0.2, 0.25) is 11.7 Å². The van der Waals surface area contributed by atoms with Gasteiger partial charge in [0.15, 0.2) is 0 Å². The number of aromatic nitrogens is 2. The van der Waals surface area contributed by atoms with Crippen LogP contribution in [0.2, 0.25) is 0 Å². The van der Waals surface area contributed by atoms with Crippen LogP contribution in [0, 0.1) is 5.92 Å². The van der Waals surface area contributed by atoms with Crippen molar-refractivity contribution in [2.24, 2.45) is 5.92 Å². The van der Waals surface area contributed by atoms with Crippen LogP contribution in [0.1, 0.15) is 26.7 Å². The third-order valence-electron chi connectivity index (χ3n) is 3.47. The number of nitrogens with zero attached hydrogens (tertiary/aromatic N) is 2. The van der Waals surface area contributed by atoms with Crippen LogP contribution in [0.25, 0.3) is 11.4 Å². The molecule has 0 aliphatic carbocycles. The lowest BCUT2D eigenvalue weighted by molar-refractivity contribution is 0.334. The van der Waals surface area contributed by atoms with Gasteiger partial charge in [0, 0.05) is 12.5 Å². The van der Waals surface area contributed by atoms with Gasteiger partial charge in [0.05, 0.1) is 12.2 Å². The normalized spacial score (nSPS) is 12.6. The van der Waals surface area contributed by atoms with Crippen molar-refractivity contribution >= 4 is 0 Å². The Balaban J connectivity index is 2.20. The van der Waals surface area contributed by atoms with Crippen molar-refractivity contribution in [2.75, 3.05) is 13.7 Å². The molecule has 2 aromatic rings. The van der Waals surface area contributed by atoms with Crippen LogP contribution in [0.4, 0.5) is 0 Å². The van der Waals surface area contributed by atoms with Crippen molar-refractivity contribution in [2.45, 2.75) is 33.2 Å². The van der Waals surface area contributed by atoms with E-state index in [9.17, 15) is 0 Å². The van der Waals surface area contributed by atoms with Crippen LogP contribution in [0.5, 0.6) is 5.75 Å². The minimum atomic E-state index is 0.320. The fraction of sp³-hybridized carbons (Fsp3) is 0.500. The van der Waals surface area contributed by atoms with E-state index in [-0.39, 0.29) is 0 Å². The molecule has 1 N–H and O–H groups in total. The van der Waals surface area contributed by atoms with Gasteiger partial charge >= 0.3 is 0 Å². The third-order valence-corrected chi connectivity index (χ3v) is 3.47. The van der Waals surface area contributed by atoms with Gasteiger partial charge in [-0.1, -0.05) is 31.1 Å². The zero-order valence-corrected chi connectivity index (χ0v) is 13.1. The van der Waals surface area contributed by atoms with Crippen molar-refractivity contribution in [1.82, 2.24) is 15.5 Å². The first-order chi connectivity index (χ1) is 10.2. The Bertz CT molecular complexity index is 566. The zero-order valence-electron chi connectivity index (χ0n) is 13.1. The molecule has 5 nitrogen and oxygen atoms in total. The predicted molar refractivity (Wildman–Crippen MR) is 82.3 cm³/mol. The second-order valence-corrected chi connectivity index (χ2v) is 5.28. The second-order valence-electron chi connectivity index (χ2n) is 5.28. The van der Waals surface area contributed by atoms with Crippen LogP contribution in [0.15, 0.2) is 28.8 Å². The standard InChI is InChI=1S/C16H23N3O2/c1-5-20-14-9-7-6-8-12(14)16-18-15(21-19-16)10-13(17-4)11(2)3/h6-9,11,13,17H,5,10H2,1-4H3. The summed E-state index contributed by atoms with van der Waals surface area (Å²) in [6.07, 6.45) is 0.720. The maximum Gasteiger partial charge on any atom is 0.228 e. The Labute approximate surface area is 125 Å². The van der Waals surface area contributed by atoms with E-state index in [4.69, 9.17) is 9.26 Å². The van der Waals surface area contributed by atoms with E-state index < -0.39 is 0 Å². The fourth-order valence-electron chi connectivity index (χ4n) is 2.24. The smallest absolute Gasteiger partial charge is 0.228 e. The molecule has 0 aliphatic heterocycles. The molecule has 0 radical (unpaired) electrons. The molecule has 0 bridgehead atoms. The summed E-state index contributed by atoms with van der Waals surface area (Å²) < 4.78 is 11.0. The molecule has 1 atom stereocenters. The molecule has 0 saturated heterocycles. The van der Waals surface area contributed by atoms with E-state index in [1.165, 1.54) is 0 Å². The molecule has 1 heterocycles. The van der Waals surface area contributed by atoms with Crippen LogP contribution < -0.4 is 10.1 Å². The molecule has 0 spiro atoms. The Kier molecular flexibility index (Phi) is 5.33. The molecule has 5 heteroatoms. The Morgan fingerprint density at radius 2 is 2.05 bits per heavy atom. The molecule has 1 aromatic carbocycles. The number of para-hydroxylation sites is 1. The van der Waals surface area contributed by atoms with Gasteiger partial charge < -0.3 is 14.6 Å². The number of nitrogens with one attached hydrogen (secondary N) is 1. The minimum absolute atomic E-state index is 0.320. The molecule has 1 unspecified atom stereocenters. The predicted octanol–water partition coefficient (Wildman–Crippen LogP) is 2.92. The Morgan fingerprint density at radius 1 is 1.29 bits per heavy atom. The van der Waals surface area contributed by atoms with Gasteiger partial charge in [0.25, 0.3) is 0 Å². The SMILES string of the molecule is CCOc1ccccc1-c1noc(CC(NC)C(C)C)n1. The topological polar surface area (TPSA) is 60.2 Å². The van der Waals surface area contributed by atoms with Gasteiger partial charge in [0.1, 0.15) is 5.75 Å². The molecule has 0 fully saturated rings. The number of benzene rings is 1. The van der Waals surface area contributed by atoms with Crippen molar-refractivity contribution < 1.29 is 9.26 Å². The number of hydrogen-bond donors (Lipinski definition) is 1. The molecule has 0 aliphatic rings. The van der Waals surface area contributed by atoms with E-state index in [0.717, 1.165) is 17.7 Å². The zero-order chi connectivity index (χ0) is 15.2. The number of rotatable bonds is 7. The first kappa shape index (κ1) is 15.5. The summed E-state index contributed by atoms with van der Waals surface area (Å²) in [5.41, 5.74) is 0.861. The fourth-order valence-corrected chi connectivity index (χ4v) is 2.24. The summed E-state index contributed by atoms with van der Waals surface area (Å²) in [5.74, 6) is 2.50. The summed E-state index contributed by atoms with van der Waals surface area (Å²) in [7, 11) is 1.95. The third kappa shape index (κ3) is 3.82. The first-order valence-electron chi connectivity index (χ1n) is 7.37. The molecule has 0 amide bonds. The van der Waals surface area contributed by atoms with Gasteiger partial charge in [-0.3, -0.25) is 0 Å². The summed E-state index contributed by atoms with van der Waals surface area (Å²) in [5, 5.41) is 7.36. The molecular weight excluding hydrogens is 266 g/mol. The second kappa shape index (κ2) is 7.22. The number of ether oxygens (including phenoxy) is 1. The van der Waals surface area contributed by atoms with Gasteiger partial charge in [-0.2, -0.15) is 4.98 Å². The van der Waals surface area contributed by atoms with E-state index in [2.05, 4.69) is 29.3 Å². The lowest BCUT2D eigenvalue weighted by atomic mass is 10.0. The molecule has 2 rings (SSSR count). The minimum Gasteiger partial charge on any atom is -0.493 e. The highest BCUT2D eigenvalue weighted by atomic mass is 16.5. The molecule has 114 valence electrons. The lowest BCUT2D eigenvalue weighted by Crippen LogP contribution is -2.32. The van der Waals surface area contributed by atoms with Crippen LogP contribution >= 0.6 is 0 Å². The highest BCUT2D eigenvalue weighted by molar-refractivity contribution is 5.63. The average Bonchev–Trinajstić information content (AvgIpc) is 2.94. The highest BCUT2D eigenvalue weighted by Crippen LogP contribution is 2.27. The summed E-state index contributed by atoms with van der Waals surface area (Å²) in [6, 6.07) is 8.06. The van der Waals surface area contributed by atoms with Crippen LogP contribution in [0.3, 0.4) is 0 Å². The molecular formula is C16H23N3O2. The lowest BCUT2D eigenvalue weighted by Gasteiger charge is -2.17. The van der Waals surface area contributed by atoms with E-state index in [0.29, 0.717) is 30.3 Å². The van der Waals surface area contributed by atoms with E-state index >= 15 is 0 Å². The summed E-state index contributed by atoms with van der Waals surface area (Å²) in [6.45, 7) is 6.90. The van der Waals surface area contributed by atoms with Crippen molar-refractivity contribution in [3.63, 3.8) is 0 Å². The molecule has 1 aromatic heterocycles. The largest absolute Gasteiger partial charge is 0.493 e. The van der Waals surface area contributed by atoms with E-state index in [1.807, 2.05) is 38.2 Å². The van der Waals surface area contributed by atoms with Crippen molar-refractivity contribution in [3.8, 4) is 17.1 Å². The van der Waals surface area contributed by atoms with Crippen molar-refractivity contribution in [1.29, 1.82) is 0 Å². The summed E-state index contributed by atoms with van der Waals surface area (Å²) in [4.78, 5) is 4.50. The number of hydrogen-bond acceptors (Lipinski definition) is 5. The summed E-state index contributed by atoms with van der Waals surface area (Å²) >= 11 is 0. The first-order valence-corrected chi connectivity index (χ1v) is 7.37. The number of likely N-dealkylation sites (N-methyl/N-ethyl adjacent to an activating group) is 1. The van der Waals surface area contributed by atoms with Crippen LogP contribution in [-0.2, 0) is 6.42 Å². The van der Waals surface area contributed by atoms with E-state index in [1.54, 1.807) is 0 Å². The average molecular weight is 289 g/mol. The van der Waals surface area contributed by atoms with Gasteiger partial charge in [-0.25, -0.2) is 0 Å². The monoisotopic (exact) mass is 289 g/mol. The maximum atomic E-state index is 5.61. The van der Waals surface area contributed by atoms with Crippen LogP contribution in [-0.4, -0.2) is 29.8 Å². The Hall–Kier alpha value is -1.88. The molecule has 0 saturated carbocycles. The maximum absolute atomic E-state index is 5.61. The van der Waals surface area contributed by atoms with Gasteiger partial charge in [-0.15, -0.1) is 0 Å². The Morgan fingerprint density at radius 3 is 2.71 bits per heavy atom. The highest BCUT2D eigenvalue weighted by Gasteiger charge is 2.18.